The molecule has 1 aliphatic carbocycles. The van der Waals surface area contributed by atoms with Crippen LogP contribution < -0.4 is 5.14 Å². The van der Waals surface area contributed by atoms with Gasteiger partial charge in [0.25, 0.3) is 0 Å². The second-order valence-electron chi connectivity index (χ2n) is 9.59. The van der Waals surface area contributed by atoms with Crippen molar-refractivity contribution in [2.75, 3.05) is 0 Å². The lowest BCUT2D eigenvalue weighted by atomic mass is 9.63. The SMILES string of the molecule is CC1(C)CCC(C)(C)c2cc(C(=O)c3cc(S(N)(=O)=O)cc4ccccc34)ccc21. The Kier molecular flexibility index (Phi) is 4.68. The van der Waals surface area contributed by atoms with Crippen molar-refractivity contribution in [3.63, 3.8) is 0 Å². The molecule has 0 atom stereocenters. The van der Waals surface area contributed by atoms with E-state index in [1.807, 2.05) is 30.3 Å². The van der Waals surface area contributed by atoms with Crippen LogP contribution in [-0.2, 0) is 20.9 Å². The second kappa shape index (κ2) is 6.76. The fourth-order valence-electron chi connectivity index (χ4n) is 4.52. The molecular weight excluding hydrogens is 394 g/mol. The molecule has 0 aromatic heterocycles. The van der Waals surface area contributed by atoms with Gasteiger partial charge >= 0.3 is 0 Å². The Labute approximate surface area is 178 Å². The third-order valence-corrected chi connectivity index (χ3v) is 7.42. The molecule has 0 amide bonds. The van der Waals surface area contributed by atoms with Gasteiger partial charge in [-0.3, -0.25) is 4.79 Å². The molecule has 1 aliphatic rings. The number of sulfonamides is 1. The third kappa shape index (κ3) is 3.46. The van der Waals surface area contributed by atoms with Crippen molar-refractivity contribution in [1.29, 1.82) is 0 Å². The van der Waals surface area contributed by atoms with Crippen molar-refractivity contribution >= 4 is 26.6 Å². The minimum Gasteiger partial charge on any atom is -0.289 e. The number of primary sulfonamides is 1. The van der Waals surface area contributed by atoms with Crippen molar-refractivity contribution < 1.29 is 13.2 Å². The topological polar surface area (TPSA) is 77.2 Å². The van der Waals surface area contributed by atoms with Crippen LogP contribution in [0.5, 0.6) is 0 Å². The highest BCUT2D eigenvalue weighted by atomic mass is 32.2. The molecule has 0 radical (unpaired) electrons. The van der Waals surface area contributed by atoms with Gasteiger partial charge in [0.1, 0.15) is 0 Å². The highest BCUT2D eigenvalue weighted by Gasteiger charge is 2.37. The monoisotopic (exact) mass is 421 g/mol. The van der Waals surface area contributed by atoms with E-state index >= 15 is 0 Å². The molecule has 30 heavy (non-hydrogen) atoms. The molecule has 0 bridgehead atoms. The number of ketones is 1. The minimum absolute atomic E-state index is 0.0222. The van der Waals surface area contributed by atoms with E-state index in [1.54, 1.807) is 6.07 Å². The van der Waals surface area contributed by atoms with Crippen molar-refractivity contribution in [2.24, 2.45) is 5.14 Å². The van der Waals surface area contributed by atoms with Gasteiger partial charge in [-0.15, -0.1) is 0 Å². The predicted octanol–water partition coefficient (Wildman–Crippen LogP) is 5.07. The number of rotatable bonds is 3. The molecular formula is C25H27NO3S. The maximum atomic E-state index is 13.6. The van der Waals surface area contributed by atoms with Gasteiger partial charge in [-0.2, -0.15) is 0 Å². The summed E-state index contributed by atoms with van der Waals surface area (Å²) < 4.78 is 24.0. The van der Waals surface area contributed by atoms with Crippen LogP contribution in [0.4, 0.5) is 0 Å². The summed E-state index contributed by atoms with van der Waals surface area (Å²) in [6, 6.07) is 16.1. The molecule has 156 valence electrons. The molecule has 4 nitrogen and oxygen atoms in total. The number of carbonyl (C=O) groups excluding carboxylic acids is 1. The zero-order valence-electron chi connectivity index (χ0n) is 17.8. The second-order valence-corrected chi connectivity index (χ2v) is 11.2. The smallest absolute Gasteiger partial charge is 0.238 e. The maximum absolute atomic E-state index is 13.6. The average Bonchev–Trinajstić information content (AvgIpc) is 2.69. The summed E-state index contributed by atoms with van der Waals surface area (Å²) in [7, 11) is -3.93. The van der Waals surface area contributed by atoms with E-state index in [9.17, 15) is 13.2 Å². The van der Waals surface area contributed by atoms with E-state index in [0.29, 0.717) is 21.9 Å². The zero-order valence-corrected chi connectivity index (χ0v) is 18.6. The summed E-state index contributed by atoms with van der Waals surface area (Å²) in [5.41, 5.74) is 3.43. The van der Waals surface area contributed by atoms with Crippen LogP contribution in [0.15, 0.2) is 59.5 Å². The maximum Gasteiger partial charge on any atom is 0.238 e. The Balaban J connectivity index is 1.92. The molecule has 0 aliphatic heterocycles. The summed E-state index contributed by atoms with van der Waals surface area (Å²) >= 11 is 0. The van der Waals surface area contributed by atoms with Gasteiger partial charge in [0, 0.05) is 11.1 Å². The Morgan fingerprint density at radius 1 is 0.867 bits per heavy atom. The number of hydrogen-bond donors (Lipinski definition) is 1. The normalized spacial score (nSPS) is 17.5. The lowest BCUT2D eigenvalue weighted by Crippen LogP contribution is -2.34. The fraction of sp³-hybridized carbons (Fsp3) is 0.320. The Bertz CT molecular complexity index is 1290. The lowest BCUT2D eigenvalue weighted by molar-refractivity contribution is 0.103. The van der Waals surface area contributed by atoms with Gasteiger partial charge in [-0.25, -0.2) is 13.6 Å². The molecule has 4 rings (SSSR count). The molecule has 3 aromatic carbocycles. The van der Waals surface area contributed by atoms with Crippen LogP contribution in [-0.4, -0.2) is 14.2 Å². The highest BCUT2D eigenvalue weighted by Crippen LogP contribution is 2.46. The van der Waals surface area contributed by atoms with Crippen molar-refractivity contribution in [2.45, 2.75) is 56.3 Å². The van der Waals surface area contributed by atoms with Crippen LogP contribution >= 0.6 is 0 Å². The minimum atomic E-state index is -3.93. The molecule has 5 heteroatoms. The summed E-state index contributed by atoms with van der Waals surface area (Å²) in [5.74, 6) is -0.196. The largest absolute Gasteiger partial charge is 0.289 e. The molecule has 0 spiro atoms. The Morgan fingerprint density at radius 3 is 2.17 bits per heavy atom. The molecule has 0 heterocycles. The molecule has 3 aromatic rings. The molecule has 0 fully saturated rings. The Morgan fingerprint density at radius 2 is 1.50 bits per heavy atom. The first-order chi connectivity index (χ1) is 13.9. The van der Waals surface area contributed by atoms with Crippen molar-refractivity contribution in [3.05, 3.63) is 76.9 Å². The van der Waals surface area contributed by atoms with Crippen LogP contribution in [0.2, 0.25) is 0 Å². The van der Waals surface area contributed by atoms with Crippen LogP contribution in [0.3, 0.4) is 0 Å². The molecule has 0 saturated heterocycles. The third-order valence-electron chi connectivity index (χ3n) is 6.52. The first kappa shape index (κ1) is 20.8. The molecule has 0 unspecified atom stereocenters. The van der Waals surface area contributed by atoms with Gasteiger partial charge in [0.15, 0.2) is 5.78 Å². The number of hydrogen-bond acceptors (Lipinski definition) is 3. The van der Waals surface area contributed by atoms with E-state index in [1.165, 1.54) is 23.3 Å². The summed E-state index contributed by atoms with van der Waals surface area (Å²) in [6.07, 6.45) is 2.15. The van der Waals surface area contributed by atoms with Crippen LogP contribution in [0, 0.1) is 0 Å². The quantitative estimate of drug-likeness (QED) is 0.600. The number of nitrogens with two attached hydrogens (primary N) is 1. The van der Waals surface area contributed by atoms with E-state index in [-0.39, 0.29) is 21.5 Å². The van der Waals surface area contributed by atoms with E-state index in [2.05, 4.69) is 33.8 Å². The first-order valence-corrected chi connectivity index (χ1v) is 11.7. The van der Waals surface area contributed by atoms with Crippen molar-refractivity contribution in [1.82, 2.24) is 0 Å². The van der Waals surface area contributed by atoms with Crippen molar-refractivity contribution in [3.8, 4) is 0 Å². The zero-order chi connectivity index (χ0) is 21.9. The number of benzene rings is 3. The average molecular weight is 422 g/mol. The predicted molar refractivity (Wildman–Crippen MR) is 120 cm³/mol. The van der Waals surface area contributed by atoms with Crippen LogP contribution in [0.25, 0.3) is 10.8 Å². The number of carbonyl (C=O) groups is 1. The van der Waals surface area contributed by atoms with Gasteiger partial charge in [0.05, 0.1) is 4.90 Å². The summed E-state index contributed by atoms with van der Waals surface area (Å²) in [4.78, 5) is 13.5. The highest BCUT2D eigenvalue weighted by molar-refractivity contribution is 7.89. The molecule has 2 N–H and O–H groups in total. The lowest BCUT2D eigenvalue weighted by Gasteiger charge is -2.42. The van der Waals surface area contributed by atoms with E-state index < -0.39 is 10.0 Å². The van der Waals surface area contributed by atoms with E-state index in [0.717, 1.165) is 12.8 Å². The van der Waals surface area contributed by atoms with Gasteiger partial charge in [-0.1, -0.05) is 64.1 Å². The summed E-state index contributed by atoms with van der Waals surface area (Å²) in [5, 5.41) is 6.76. The first-order valence-electron chi connectivity index (χ1n) is 10.2. The van der Waals surface area contributed by atoms with E-state index in [4.69, 9.17) is 5.14 Å². The van der Waals surface area contributed by atoms with Gasteiger partial charge in [0.2, 0.25) is 10.0 Å². The standard InChI is InChI=1S/C25H27NO3S/c1-24(2)11-12-25(3,4)22-14-17(9-10-21(22)24)23(27)20-15-18(30(26,28)29)13-16-7-5-6-8-19(16)20/h5-10,13-15H,11-12H2,1-4H3,(H2,26,28,29). The molecule has 0 saturated carbocycles. The number of fused-ring (bicyclic) bond motifs is 2. The van der Waals surface area contributed by atoms with Gasteiger partial charge in [-0.05, 0) is 63.8 Å². The van der Waals surface area contributed by atoms with Crippen LogP contribution in [0.1, 0.15) is 67.6 Å². The van der Waals surface area contributed by atoms with Gasteiger partial charge < -0.3 is 0 Å². The fourth-order valence-corrected chi connectivity index (χ4v) is 5.09. The Hall–Kier alpha value is -2.50. The summed E-state index contributed by atoms with van der Waals surface area (Å²) in [6.45, 7) is 8.91.